The van der Waals surface area contributed by atoms with Gasteiger partial charge >= 0.3 is 5.97 Å². The van der Waals surface area contributed by atoms with Crippen LogP contribution in [-0.4, -0.2) is 29.6 Å². The second-order valence-electron chi connectivity index (χ2n) is 9.14. The zero-order valence-electron chi connectivity index (χ0n) is 21.6. The molecule has 0 N–H and O–H groups in total. The lowest BCUT2D eigenvalue weighted by molar-refractivity contribution is -0.139. The highest BCUT2D eigenvalue weighted by Crippen LogP contribution is 2.35. The molecular weight excluding hydrogens is 498 g/mol. The number of ether oxygens (including phenoxy) is 1. The fourth-order valence-corrected chi connectivity index (χ4v) is 6.02. The molecule has 2 aliphatic heterocycles. The van der Waals surface area contributed by atoms with Crippen molar-refractivity contribution in [2.75, 3.05) is 18.1 Å². The third-order valence-corrected chi connectivity index (χ3v) is 7.74. The Bertz CT molecular complexity index is 1650. The standard InChI is InChI=1S/C30H29N3O4S/c1-4-6-18-32-22-15-11-10-14-21(22)25(27(32)34)26-28(35)33-23(17-16-20-12-8-7-9-13-20)24(29(36)37-5-2)19(3)31-30(33)38-26/h7-17,23H,4-6,18H2,1-3H3. The van der Waals surface area contributed by atoms with Crippen molar-refractivity contribution in [3.8, 4) is 0 Å². The molecule has 1 atom stereocenters. The van der Waals surface area contributed by atoms with E-state index in [0.29, 0.717) is 32.7 Å². The zero-order valence-corrected chi connectivity index (χ0v) is 22.5. The number of allylic oxidation sites excluding steroid dienone is 2. The summed E-state index contributed by atoms with van der Waals surface area (Å²) in [6, 6.07) is 16.5. The largest absolute Gasteiger partial charge is 0.463 e. The minimum absolute atomic E-state index is 0.178. The number of hydrogen-bond acceptors (Lipinski definition) is 6. The van der Waals surface area contributed by atoms with Crippen LogP contribution in [0.5, 0.6) is 0 Å². The van der Waals surface area contributed by atoms with E-state index in [2.05, 4.69) is 11.9 Å². The fourth-order valence-electron chi connectivity index (χ4n) is 4.87. The third-order valence-electron chi connectivity index (χ3n) is 6.69. The van der Waals surface area contributed by atoms with E-state index in [1.807, 2.05) is 66.7 Å². The molecule has 0 fully saturated rings. The quantitative estimate of drug-likeness (QED) is 0.436. The molecule has 0 saturated carbocycles. The number of anilines is 1. The van der Waals surface area contributed by atoms with E-state index in [9.17, 15) is 14.4 Å². The van der Waals surface area contributed by atoms with E-state index in [0.717, 1.165) is 29.7 Å². The number of aromatic nitrogens is 1. The molecule has 7 nitrogen and oxygen atoms in total. The molecule has 0 saturated heterocycles. The average molecular weight is 528 g/mol. The maximum Gasteiger partial charge on any atom is 0.338 e. The van der Waals surface area contributed by atoms with Gasteiger partial charge in [0.25, 0.3) is 11.5 Å². The molecule has 2 aliphatic rings. The number of para-hydroxylation sites is 1. The van der Waals surface area contributed by atoms with Gasteiger partial charge in [-0.05, 0) is 31.9 Å². The van der Waals surface area contributed by atoms with E-state index in [1.165, 1.54) is 15.9 Å². The van der Waals surface area contributed by atoms with Crippen molar-refractivity contribution in [3.05, 3.63) is 103 Å². The molecule has 38 heavy (non-hydrogen) atoms. The van der Waals surface area contributed by atoms with Gasteiger partial charge in [-0.25, -0.2) is 9.79 Å². The highest BCUT2D eigenvalue weighted by Gasteiger charge is 2.35. The van der Waals surface area contributed by atoms with Crippen molar-refractivity contribution in [1.82, 2.24) is 4.57 Å². The van der Waals surface area contributed by atoms with Crippen LogP contribution >= 0.6 is 11.3 Å². The van der Waals surface area contributed by atoms with Gasteiger partial charge in [0.2, 0.25) is 0 Å². The number of amides is 1. The SMILES string of the molecule is CCCCN1C(=O)C(=c2sc3n(c2=O)C(C=Cc2ccccc2)C(C(=O)OCC)=C(C)N=3)c2ccccc21. The van der Waals surface area contributed by atoms with E-state index in [1.54, 1.807) is 18.7 Å². The summed E-state index contributed by atoms with van der Waals surface area (Å²) in [4.78, 5) is 47.6. The van der Waals surface area contributed by atoms with Crippen molar-refractivity contribution in [2.45, 2.75) is 39.7 Å². The van der Waals surface area contributed by atoms with Gasteiger partial charge in [-0.3, -0.25) is 14.2 Å². The second-order valence-corrected chi connectivity index (χ2v) is 10.1. The van der Waals surface area contributed by atoms with Gasteiger partial charge in [0.05, 0.1) is 35.2 Å². The van der Waals surface area contributed by atoms with E-state index < -0.39 is 12.0 Å². The molecule has 5 rings (SSSR count). The molecule has 0 bridgehead atoms. The van der Waals surface area contributed by atoms with Gasteiger partial charge in [0.15, 0.2) is 4.80 Å². The predicted molar refractivity (Wildman–Crippen MR) is 149 cm³/mol. The molecule has 2 aromatic carbocycles. The monoisotopic (exact) mass is 527 g/mol. The van der Waals surface area contributed by atoms with Crippen molar-refractivity contribution in [2.24, 2.45) is 4.99 Å². The zero-order chi connectivity index (χ0) is 26.8. The van der Waals surface area contributed by atoms with Crippen LogP contribution in [0.1, 0.15) is 50.8 Å². The topological polar surface area (TPSA) is 81.0 Å². The molecule has 8 heteroatoms. The molecule has 3 heterocycles. The summed E-state index contributed by atoms with van der Waals surface area (Å²) in [5.41, 5.74) is 3.35. The molecule has 0 radical (unpaired) electrons. The van der Waals surface area contributed by atoms with Gasteiger partial charge in [-0.15, -0.1) is 0 Å². The van der Waals surface area contributed by atoms with Gasteiger partial charge in [0.1, 0.15) is 4.53 Å². The van der Waals surface area contributed by atoms with Crippen LogP contribution in [0.4, 0.5) is 5.69 Å². The molecule has 0 aliphatic carbocycles. The van der Waals surface area contributed by atoms with E-state index >= 15 is 0 Å². The number of fused-ring (bicyclic) bond motifs is 2. The number of unbranched alkanes of at least 4 members (excludes halogenated alkanes) is 1. The Kier molecular flexibility index (Phi) is 7.24. The number of hydrogen-bond donors (Lipinski definition) is 0. The number of carbonyl (C=O) groups excluding carboxylic acids is 2. The molecule has 1 aromatic heterocycles. The van der Waals surface area contributed by atoms with Gasteiger partial charge in [0, 0.05) is 12.1 Å². The van der Waals surface area contributed by atoms with Crippen molar-refractivity contribution >= 4 is 40.5 Å². The third kappa shape index (κ3) is 4.45. The molecular formula is C30H29N3O4S. The van der Waals surface area contributed by atoms with Crippen molar-refractivity contribution in [1.29, 1.82) is 0 Å². The summed E-state index contributed by atoms with van der Waals surface area (Å²) in [6.45, 7) is 6.37. The van der Waals surface area contributed by atoms with Crippen LogP contribution in [-0.2, 0) is 14.3 Å². The molecule has 1 unspecified atom stereocenters. The van der Waals surface area contributed by atoms with Crippen LogP contribution < -0.4 is 19.8 Å². The second kappa shape index (κ2) is 10.8. The summed E-state index contributed by atoms with van der Waals surface area (Å²) in [7, 11) is 0. The Morgan fingerprint density at radius 1 is 1.08 bits per heavy atom. The molecule has 194 valence electrons. The Balaban J connectivity index is 1.72. The lowest BCUT2D eigenvalue weighted by Gasteiger charge is -2.21. The van der Waals surface area contributed by atoms with Crippen LogP contribution in [0.25, 0.3) is 11.6 Å². The van der Waals surface area contributed by atoms with Crippen molar-refractivity contribution in [3.63, 3.8) is 0 Å². The first-order chi connectivity index (χ1) is 18.5. The van der Waals surface area contributed by atoms with Crippen LogP contribution in [0.15, 0.2) is 81.7 Å². The van der Waals surface area contributed by atoms with Crippen LogP contribution in [0, 0.1) is 0 Å². The maximum absolute atomic E-state index is 14.0. The number of nitrogens with zero attached hydrogens (tertiary/aromatic N) is 3. The first-order valence-electron chi connectivity index (χ1n) is 12.8. The molecule has 0 spiro atoms. The smallest absolute Gasteiger partial charge is 0.338 e. The average Bonchev–Trinajstić information content (AvgIpc) is 3.38. The molecule has 3 aromatic rings. The maximum atomic E-state index is 14.0. The number of carbonyl (C=O) groups is 2. The highest BCUT2D eigenvalue weighted by atomic mass is 32.1. The highest BCUT2D eigenvalue weighted by molar-refractivity contribution is 7.07. The Hall–Kier alpha value is -4.04. The van der Waals surface area contributed by atoms with Gasteiger partial charge < -0.3 is 9.64 Å². The van der Waals surface area contributed by atoms with E-state index in [4.69, 9.17) is 4.74 Å². The first kappa shape index (κ1) is 25.6. The number of benzene rings is 2. The summed E-state index contributed by atoms with van der Waals surface area (Å²) >= 11 is 1.19. The summed E-state index contributed by atoms with van der Waals surface area (Å²) in [5, 5.41) is 0. The van der Waals surface area contributed by atoms with Crippen molar-refractivity contribution < 1.29 is 14.3 Å². The van der Waals surface area contributed by atoms with E-state index in [-0.39, 0.29) is 18.1 Å². The lowest BCUT2D eigenvalue weighted by atomic mass is 10.0. The van der Waals surface area contributed by atoms with Crippen LogP contribution in [0.2, 0.25) is 0 Å². The first-order valence-corrected chi connectivity index (χ1v) is 13.6. The Morgan fingerprint density at radius 2 is 1.82 bits per heavy atom. The minimum Gasteiger partial charge on any atom is -0.463 e. The summed E-state index contributed by atoms with van der Waals surface area (Å²) < 4.78 is 7.18. The summed E-state index contributed by atoms with van der Waals surface area (Å²) in [6.07, 6.45) is 5.52. The number of rotatable bonds is 7. The van der Waals surface area contributed by atoms with Gasteiger partial charge in [-0.1, -0.05) is 85.4 Å². The van der Waals surface area contributed by atoms with Gasteiger partial charge in [-0.2, -0.15) is 0 Å². The minimum atomic E-state index is -0.720. The van der Waals surface area contributed by atoms with Crippen LogP contribution in [0.3, 0.4) is 0 Å². The number of esters is 1. The lowest BCUT2D eigenvalue weighted by Crippen LogP contribution is -2.40. The summed E-state index contributed by atoms with van der Waals surface area (Å²) in [5.74, 6) is -0.690. The Labute approximate surface area is 224 Å². The number of thiazole rings is 1. The fraction of sp³-hybridized carbons (Fsp3) is 0.267. The Morgan fingerprint density at radius 3 is 2.55 bits per heavy atom. The molecule has 1 amide bonds. The normalized spacial score (nSPS) is 18.0. The predicted octanol–water partition coefficient (Wildman–Crippen LogP) is 3.98.